The van der Waals surface area contributed by atoms with E-state index in [0.717, 1.165) is 51.6 Å². The van der Waals surface area contributed by atoms with Crippen molar-refractivity contribution in [2.75, 3.05) is 39.9 Å². The Hall–Kier alpha value is -1.08. The molecule has 2 aliphatic heterocycles. The lowest BCUT2D eigenvalue weighted by Gasteiger charge is -2.39. The Balaban J connectivity index is 0.00000243. The van der Waals surface area contributed by atoms with Crippen molar-refractivity contribution < 1.29 is 4.74 Å². The summed E-state index contributed by atoms with van der Waals surface area (Å²) >= 11 is 0. The summed E-state index contributed by atoms with van der Waals surface area (Å²) in [7, 11) is 1.89. The SMILES string of the molecule is CN=C(NCCC1=CCOCC1)N1CCC(c2ccccc2)C(C)C1.I. The quantitative estimate of drug-likeness (QED) is 0.313. The Bertz CT molecular complexity index is 603. The number of piperidine rings is 1. The summed E-state index contributed by atoms with van der Waals surface area (Å²) < 4.78 is 5.37. The number of nitrogens with zero attached hydrogens (tertiary/aromatic N) is 2. The van der Waals surface area contributed by atoms with E-state index >= 15 is 0 Å². The molecule has 1 aromatic carbocycles. The van der Waals surface area contributed by atoms with Crippen LogP contribution in [0.4, 0.5) is 0 Å². The Morgan fingerprint density at radius 2 is 2.12 bits per heavy atom. The number of likely N-dealkylation sites (tertiary alicyclic amines) is 1. The summed E-state index contributed by atoms with van der Waals surface area (Å²) in [4.78, 5) is 6.93. The maximum Gasteiger partial charge on any atom is 0.193 e. The number of hydrogen-bond acceptors (Lipinski definition) is 2. The van der Waals surface area contributed by atoms with Gasteiger partial charge in [0, 0.05) is 26.7 Å². The number of guanidine groups is 1. The average Bonchev–Trinajstić information content (AvgIpc) is 2.67. The molecule has 4 nitrogen and oxygen atoms in total. The molecule has 1 aromatic rings. The fourth-order valence-corrected chi connectivity index (χ4v) is 3.99. The number of ether oxygens (including phenoxy) is 1. The van der Waals surface area contributed by atoms with Crippen molar-refractivity contribution in [2.45, 2.75) is 32.1 Å². The van der Waals surface area contributed by atoms with Crippen molar-refractivity contribution in [1.82, 2.24) is 10.2 Å². The van der Waals surface area contributed by atoms with Crippen LogP contribution in [0, 0.1) is 5.92 Å². The average molecular weight is 469 g/mol. The first-order chi connectivity index (χ1) is 12.3. The fraction of sp³-hybridized carbons (Fsp3) is 0.571. The van der Waals surface area contributed by atoms with Crippen LogP contribution >= 0.6 is 24.0 Å². The molecule has 0 aromatic heterocycles. The minimum atomic E-state index is 0. The zero-order valence-corrected chi connectivity index (χ0v) is 18.3. The molecule has 3 rings (SSSR count). The van der Waals surface area contributed by atoms with Crippen molar-refractivity contribution >= 4 is 29.9 Å². The molecule has 144 valence electrons. The molecule has 0 aliphatic carbocycles. The smallest absolute Gasteiger partial charge is 0.193 e. The molecule has 0 amide bonds. The zero-order chi connectivity index (χ0) is 17.5. The molecule has 5 heteroatoms. The first-order valence-electron chi connectivity index (χ1n) is 9.54. The molecule has 0 bridgehead atoms. The first-order valence-corrected chi connectivity index (χ1v) is 9.54. The second-order valence-corrected chi connectivity index (χ2v) is 7.14. The highest BCUT2D eigenvalue weighted by Gasteiger charge is 2.28. The summed E-state index contributed by atoms with van der Waals surface area (Å²) in [5, 5.41) is 3.56. The van der Waals surface area contributed by atoms with E-state index in [4.69, 9.17) is 4.74 Å². The van der Waals surface area contributed by atoms with E-state index in [-0.39, 0.29) is 24.0 Å². The van der Waals surface area contributed by atoms with Gasteiger partial charge >= 0.3 is 0 Å². The van der Waals surface area contributed by atoms with Crippen LogP contribution in [0.25, 0.3) is 0 Å². The summed E-state index contributed by atoms with van der Waals surface area (Å²) in [6, 6.07) is 10.9. The predicted octanol–water partition coefficient (Wildman–Crippen LogP) is 4.04. The second kappa shape index (κ2) is 10.9. The molecular formula is C21H32IN3O. The standard InChI is InChI=1S/C21H31N3O.HI/c1-17-16-24(13-9-20(17)19-6-4-3-5-7-19)21(22-2)23-12-8-18-10-14-25-15-11-18;/h3-7,10,17,20H,8-9,11-16H2,1-2H3,(H,22,23);1H. The minimum Gasteiger partial charge on any atom is -0.377 e. The maximum atomic E-state index is 5.37. The third kappa shape index (κ3) is 5.71. The van der Waals surface area contributed by atoms with E-state index < -0.39 is 0 Å². The van der Waals surface area contributed by atoms with E-state index in [1.807, 2.05) is 7.05 Å². The van der Waals surface area contributed by atoms with Gasteiger partial charge in [-0.05, 0) is 36.7 Å². The van der Waals surface area contributed by atoms with Gasteiger partial charge in [-0.1, -0.05) is 48.9 Å². The molecule has 2 atom stereocenters. The van der Waals surface area contributed by atoms with Crippen LogP contribution in [0.1, 0.15) is 37.7 Å². The van der Waals surface area contributed by atoms with Gasteiger partial charge in [-0.2, -0.15) is 0 Å². The molecular weight excluding hydrogens is 437 g/mol. The molecule has 0 radical (unpaired) electrons. The third-order valence-corrected chi connectivity index (χ3v) is 5.43. The summed E-state index contributed by atoms with van der Waals surface area (Å²) in [6.07, 6.45) is 5.56. The van der Waals surface area contributed by atoms with Gasteiger partial charge in [0.1, 0.15) is 0 Å². The molecule has 2 unspecified atom stereocenters. The molecule has 1 saturated heterocycles. The normalized spacial score (nSPS) is 23.8. The van der Waals surface area contributed by atoms with Gasteiger partial charge in [0.2, 0.25) is 0 Å². The maximum absolute atomic E-state index is 5.37. The van der Waals surface area contributed by atoms with Crippen molar-refractivity contribution in [3.63, 3.8) is 0 Å². The minimum absolute atomic E-state index is 0. The Morgan fingerprint density at radius 3 is 2.77 bits per heavy atom. The Kier molecular flexibility index (Phi) is 8.91. The largest absolute Gasteiger partial charge is 0.377 e. The van der Waals surface area contributed by atoms with Crippen LogP contribution in [0.15, 0.2) is 47.0 Å². The van der Waals surface area contributed by atoms with Crippen LogP contribution in [0.2, 0.25) is 0 Å². The van der Waals surface area contributed by atoms with Crippen LogP contribution in [-0.2, 0) is 4.74 Å². The van der Waals surface area contributed by atoms with Gasteiger partial charge in [0.15, 0.2) is 5.96 Å². The van der Waals surface area contributed by atoms with Crippen molar-refractivity contribution in [2.24, 2.45) is 10.9 Å². The second-order valence-electron chi connectivity index (χ2n) is 7.14. The van der Waals surface area contributed by atoms with Gasteiger partial charge < -0.3 is 15.0 Å². The van der Waals surface area contributed by atoms with Crippen LogP contribution in [-0.4, -0.2) is 50.8 Å². The first kappa shape index (κ1) is 21.2. The number of nitrogens with one attached hydrogen (secondary N) is 1. The van der Waals surface area contributed by atoms with Gasteiger partial charge in [0.05, 0.1) is 13.2 Å². The lowest BCUT2D eigenvalue weighted by molar-refractivity contribution is 0.153. The lowest BCUT2D eigenvalue weighted by Crippen LogP contribution is -2.48. The van der Waals surface area contributed by atoms with Gasteiger partial charge in [0.25, 0.3) is 0 Å². The van der Waals surface area contributed by atoms with E-state index in [1.54, 1.807) is 0 Å². The topological polar surface area (TPSA) is 36.9 Å². The molecule has 2 aliphatic rings. The van der Waals surface area contributed by atoms with E-state index in [2.05, 4.69) is 58.5 Å². The predicted molar refractivity (Wildman–Crippen MR) is 119 cm³/mol. The van der Waals surface area contributed by atoms with Crippen molar-refractivity contribution in [3.05, 3.63) is 47.5 Å². The lowest BCUT2D eigenvalue weighted by atomic mass is 9.82. The summed E-state index contributed by atoms with van der Waals surface area (Å²) in [6.45, 7) is 7.09. The molecule has 2 heterocycles. The van der Waals surface area contributed by atoms with Gasteiger partial charge in [-0.3, -0.25) is 4.99 Å². The molecule has 0 saturated carbocycles. The number of benzene rings is 1. The summed E-state index contributed by atoms with van der Waals surface area (Å²) in [5.41, 5.74) is 2.98. The molecule has 0 spiro atoms. The number of aliphatic imine (C=N–C) groups is 1. The van der Waals surface area contributed by atoms with Crippen LogP contribution in [0.5, 0.6) is 0 Å². The molecule has 26 heavy (non-hydrogen) atoms. The highest BCUT2D eigenvalue weighted by Crippen LogP contribution is 2.32. The fourth-order valence-electron chi connectivity index (χ4n) is 3.99. The van der Waals surface area contributed by atoms with Crippen LogP contribution < -0.4 is 5.32 Å². The number of halogens is 1. The monoisotopic (exact) mass is 469 g/mol. The van der Waals surface area contributed by atoms with Crippen molar-refractivity contribution in [1.29, 1.82) is 0 Å². The van der Waals surface area contributed by atoms with Gasteiger partial charge in [-0.25, -0.2) is 0 Å². The molecule has 1 fully saturated rings. The Labute approximate surface area is 175 Å². The Morgan fingerprint density at radius 1 is 1.31 bits per heavy atom. The van der Waals surface area contributed by atoms with Crippen LogP contribution in [0.3, 0.4) is 0 Å². The number of hydrogen-bond donors (Lipinski definition) is 1. The van der Waals surface area contributed by atoms with E-state index in [0.29, 0.717) is 11.8 Å². The summed E-state index contributed by atoms with van der Waals surface area (Å²) in [5.74, 6) is 2.34. The van der Waals surface area contributed by atoms with Gasteiger partial charge in [-0.15, -0.1) is 24.0 Å². The van der Waals surface area contributed by atoms with E-state index in [9.17, 15) is 0 Å². The highest BCUT2D eigenvalue weighted by molar-refractivity contribution is 14.0. The van der Waals surface area contributed by atoms with Crippen molar-refractivity contribution in [3.8, 4) is 0 Å². The number of rotatable bonds is 4. The highest BCUT2D eigenvalue weighted by atomic mass is 127. The zero-order valence-electron chi connectivity index (χ0n) is 16.0. The third-order valence-electron chi connectivity index (χ3n) is 5.43. The molecule has 1 N–H and O–H groups in total. The van der Waals surface area contributed by atoms with E-state index in [1.165, 1.54) is 17.6 Å².